The Labute approximate surface area is 174 Å². The molecule has 0 aromatic heterocycles. The van der Waals surface area contributed by atoms with Crippen LogP contribution in [-0.4, -0.2) is 17.3 Å². The van der Waals surface area contributed by atoms with Gasteiger partial charge in [-0.3, -0.25) is 4.79 Å². The second-order valence-electron chi connectivity index (χ2n) is 7.37. The summed E-state index contributed by atoms with van der Waals surface area (Å²) < 4.78 is 0. The molecule has 1 nitrogen and oxygen atoms in total. The largest absolute Gasteiger partial charge is 0.289 e. The van der Waals surface area contributed by atoms with E-state index in [4.69, 9.17) is 0 Å². The zero-order valence-corrected chi connectivity index (χ0v) is 16.8. The number of carbonyl (C=O) groups is 1. The first-order valence-corrected chi connectivity index (χ1v) is 10.9. The molecule has 4 aromatic carbocycles. The standard InChI is InChI=1S/C27H20OS/c28-27-25(15-19-9-11-21-5-1-3-7-23(21)13-19)17-29-18-26(27)16-20-10-12-22-6-2-4-8-24(22)14-20/h1-16H,17-18H2/b25-15-,26-16+. The second kappa shape index (κ2) is 7.73. The molecule has 0 N–H and O–H groups in total. The van der Waals surface area contributed by atoms with E-state index in [1.807, 2.05) is 24.3 Å². The Balaban J connectivity index is 1.47. The monoisotopic (exact) mass is 392 g/mol. The van der Waals surface area contributed by atoms with Crippen LogP contribution in [-0.2, 0) is 4.79 Å². The first-order chi connectivity index (χ1) is 14.3. The van der Waals surface area contributed by atoms with Crippen LogP contribution in [0.3, 0.4) is 0 Å². The highest BCUT2D eigenvalue weighted by atomic mass is 32.2. The fraction of sp³-hybridized carbons (Fsp3) is 0.0741. The molecule has 0 radical (unpaired) electrons. The number of hydrogen-bond donors (Lipinski definition) is 0. The molecule has 140 valence electrons. The molecule has 1 saturated heterocycles. The third kappa shape index (κ3) is 3.76. The van der Waals surface area contributed by atoms with E-state index < -0.39 is 0 Å². The van der Waals surface area contributed by atoms with Crippen molar-refractivity contribution in [2.45, 2.75) is 0 Å². The van der Waals surface area contributed by atoms with Gasteiger partial charge in [-0.2, -0.15) is 11.8 Å². The van der Waals surface area contributed by atoms with Crippen molar-refractivity contribution in [3.8, 4) is 0 Å². The van der Waals surface area contributed by atoms with Gasteiger partial charge in [-0.05, 0) is 57.0 Å². The molecule has 1 heterocycles. The number of hydrogen-bond acceptors (Lipinski definition) is 2. The Kier molecular flexibility index (Phi) is 4.79. The first kappa shape index (κ1) is 18.0. The highest BCUT2D eigenvalue weighted by Gasteiger charge is 2.21. The minimum atomic E-state index is 0.171. The summed E-state index contributed by atoms with van der Waals surface area (Å²) >= 11 is 1.80. The van der Waals surface area contributed by atoms with Gasteiger partial charge in [0.25, 0.3) is 0 Å². The van der Waals surface area contributed by atoms with Gasteiger partial charge in [-0.15, -0.1) is 0 Å². The van der Waals surface area contributed by atoms with E-state index in [2.05, 4.69) is 72.8 Å². The summed E-state index contributed by atoms with van der Waals surface area (Å²) in [6.45, 7) is 0. The van der Waals surface area contributed by atoms with Crippen molar-refractivity contribution in [3.05, 3.63) is 107 Å². The Morgan fingerprint density at radius 2 is 1.03 bits per heavy atom. The number of thioether (sulfide) groups is 1. The van der Waals surface area contributed by atoms with Crippen LogP contribution in [0.4, 0.5) is 0 Å². The van der Waals surface area contributed by atoms with Crippen molar-refractivity contribution in [2.75, 3.05) is 11.5 Å². The van der Waals surface area contributed by atoms with Gasteiger partial charge in [0.15, 0.2) is 5.78 Å². The van der Waals surface area contributed by atoms with E-state index in [9.17, 15) is 4.79 Å². The van der Waals surface area contributed by atoms with E-state index >= 15 is 0 Å². The molecule has 4 aromatic rings. The first-order valence-electron chi connectivity index (χ1n) is 9.77. The van der Waals surface area contributed by atoms with Crippen LogP contribution in [0.15, 0.2) is 96.1 Å². The number of benzene rings is 4. The Bertz CT molecular complexity index is 1200. The molecular formula is C27H20OS. The zero-order chi connectivity index (χ0) is 19.6. The van der Waals surface area contributed by atoms with Gasteiger partial charge in [-0.25, -0.2) is 0 Å². The van der Waals surface area contributed by atoms with Gasteiger partial charge in [0.05, 0.1) is 0 Å². The molecule has 0 aliphatic carbocycles. The molecule has 29 heavy (non-hydrogen) atoms. The molecule has 0 unspecified atom stereocenters. The van der Waals surface area contributed by atoms with Gasteiger partial charge in [0.2, 0.25) is 0 Å². The molecule has 5 rings (SSSR count). The van der Waals surface area contributed by atoms with Gasteiger partial charge >= 0.3 is 0 Å². The maximum atomic E-state index is 13.1. The van der Waals surface area contributed by atoms with E-state index in [0.29, 0.717) is 0 Å². The van der Waals surface area contributed by atoms with Crippen molar-refractivity contribution in [3.63, 3.8) is 0 Å². The fourth-order valence-electron chi connectivity index (χ4n) is 3.82. The minimum Gasteiger partial charge on any atom is -0.289 e. The van der Waals surface area contributed by atoms with E-state index in [-0.39, 0.29) is 5.78 Å². The smallest absolute Gasteiger partial charge is 0.186 e. The predicted molar refractivity (Wildman–Crippen MR) is 126 cm³/mol. The normalized spacial score (nSPS) is 17.4. The predicted octanol–water partition coefficient (Wildman–Crippen LogP) is 6.78. The van der Waals surface area contributed by atoms with Crippen molar-refractivity contribution < 1.29 is 4.79 Å². The lowest BCUT2D eigenvalue weighted by molar-refractivity contribution is -0.112. The average Bonchev–Trinajstić information content (AvgIpc) is 2.76. The molecule has 1 aliphatic rings. The third-order valence-electron chi connectivity index (χ3n) is 5.33. The van der Waals surface area contributed by atoms with Crippen LogP contribution < -0.4 is 0 Å². The number of rotatable bonds is 2. The SMILES string of the molecule is O=C1/C(=C/c2ccc3ccccc3c2)CSC/C1=C/c1ccc2ccccc2c1. The second-order valence-corrected chi connectivity index (χ2v) is 8.36. The molecule has 1 fully saturated rings. The topological polar surface area (TPSA) is 17.1 Å². The third-order valence-corrected chi connectivity index (χ3v) is 6.36. The van der Waals surface area contributed by atoms with Crippen LogP contribution in [0.5, 0.6) is 0 Å². The maximum Gasteiger partial charge on any atom is 0.186 e. The van der Waals surface area contributed by atoms with Gasteiger partial charge < -0.3 is 0 Å². The summed E-state index contributed by atoms with van der Waals surface area (Å²) in [5.74, 6) is 1.70. The summed E-state index contributed by atoms with van der Waals surface area (Å²) in [6.07, 6.45) is 4.10. The lowest BCUT2D eigenvalue weighted by atomic mass is 9.98. The lowest BCUT2D eigenvalue weighted by Crippen LogP contribution is -2.16. The Hall–Kier alpha value is -3.10. The fourth-order valence-corrected chi connectivity index (χ4v) is 4.79. The average molecular weight is 393 g/mol. The van der Waals surface area contributed by atoms with Crippen molar-refractivity contribution in [1.82, 2.24) is 0 Å². The van der Waals surface area contributed by atoms with Gasteiger partial charge in [0, 0.05) is 22.7 Å². The van der Waals surface area contributed by atoms with Crippen LogP contribution in [0, 0.1) is 0 Å². The summed E-state index contributed by atoms with van der Waals surface area (Å²) in [5.41, 5.74) is 3.92. The van der Waals surface area contributed by atoms with E-state index in [1.54, 1.807) is 11.8 Å². The van der Waals surface area contributed by atoms with E-state index in [0.717, 1.165) is 33.8 Å². The highest BCUT2D eigenvalue weighted by molar-refractivity contribution is 7.99. The number of fused-ring (bicyclic) bond motifs is 2. The van der Waals surface area contributed by atoms with E-state index in [1.165, 1.54) is 21.5 Å². The van der Waals surface area contributed by atoms with Crippen molar-refractivity contribution in [2.24, 2.45) is 0 Å². The van der Waals surface area contributed by atoms with Crippen molar-refractivity contribution >= 4 is 51.2 Å². The Morgan fingerprint density at radius 1 is 0.586 bits per heavy atom. The van der Waals surface area contributed by atoms with Crippen LogP contribution in [0.2, 0.25) is 0 Å². The maximum absolute atomic E-state index is 13.1. The highest BCUT2D eigenvalue weighted by Crippen LogP contribution is 2.28. The molecule has 2 heteroatoms. The number of carbonyl (C=O) groups excluding carboxylic acids is 1. The van der Waals surface area contributed by atoms with Crippen LogP contribution in [0.25, 0.3) is 33.7 Å². The molecule has 0 bridgehead atoms. The Morgan fingerprint density at radius 3 is 1.52 bits per heavy atom. The molecule has 0 saturated carbocycles. The molecule has 0 atom stereocenters. The summed E-state index contributed by atoms with van der Waals surface area (Å²) in [7, 11) is 0. The molecule has 1 aliphatic heterocycles. The minimum absolute atomic E-state index is 0.171. The summed E-state index contributed by atoms with van der Waals surface area (Å²) in [6, 6.07) is 29.4. The molecule has 0 spiro atoms. The summed E-state index contributed by atoms with van der Waals surface area (Å²) in [5, 5.41) is 4.83. The van der Waals surface area contributed by atoms with Crippen LogP contribution >= 0.6 is 11.8 Å². The van der Waals surface area contributed by atoms with Gasteiger partial charge in [0.1, 0.15) is 0 Å². The van der Waals surface area contributed by atoms with Gasteiger partial charge in [-0.1, -0.05) is 72.8 Å². The number of ketones is 1. The lowest BCUT2D eigenvalue weighted by Gasteiger charge is -2.16. The summed E-state index contributed by atoms with van der Waals surface area (Å²) in [4.78, 5) is 13.1. The van der Waals surface area contributed by atoms with Crippen LogP contribution in [0.1, 0.15) is 11.1 Å². The molecular weight excluding hydrogens is 372 g/mol. The van der Waals surface area contributed by atoms with Crippen molar-refractivity contribution in [1.29, 1.82) is 0 Å². The number of Topliss-reactive ketones (excluding diaryl/α,β-unsaturated/α-hetero) is 1. The quantitative estimate of drug-likeness (QED) is 0.350. The zero-order valence-electron chi connectivity index (χ0n) is 16.0. The molecule has 0 amide bonds.